The van der Waals surface area contributed by atoms with Gasteiger partial charge in [0.25, 0.3) is 0 Å². The summed E-state index contributed by atoms with van der Waals surface area (Å²) in [5, 5.41) is 3.59. The van der Waals surface area contributed by atoms with Gasteiger partial charge in [-0.3, -0.25) is 4.79 Å². The lowest BCUT2D eigenvalue weighted by Gasteiger charge is -2.18. The summed E-state index contributed by atoms with van der Waals surface area (Å²) in [7, 11) is -3.51. The number of hydrogen-bond acceptors (Lipinski definition) is 4. The fourth-order valence-corrected chi connectivity index (χ4v) is 4.06. The minimum Gasteiger partial charge on any atom is -0.378 e. The molecule has 0 aliphatic rings. The number of sulfonamides is 1. The largest absolute Gasteiger partial charge is 0.378 e. The molecular weight excluding hydrogens is 360 g/mol. The van der Waals surface area contributed by atoms with Gasteiger partial charge in [0.1, 0.15) is 0 Å². The predicted octanol–water partition coefficient (Wildman–Crippen LogP) is 3.67. The molecule has 25 heavy (non-hydrogen) atoms. The van der Waals surface area contributed by atoms with E-state index in [4.69, 9.17) is 11.6 Å². The Morgan fingerprint density at radius 1 is 1.08 bits per heavy atom. The molecule has 0 atom stereocenters. The Balaban J connectivity index is 2.07. The molecule has 1 N–H and O–H groups in total. The number of ketones is 1. The minimum atomic E-state index is -3.51. The molecule has 2 rings (SSSR count). The zero-order valence-electron chi connectivity index (χ0n) is 14.2. The summed E-state index contributed by atoms with van der Waals surface area (Å²) in [6.07, 6.45) is 0. The van der Waals surface area contributed by atoms with Crippen molar-refractivity contribution in [2.45, 2.75) is 18.7 Å². The fraction of sp³-hybridized carbons (Fsp3) is 0.278. The van der Waals surface area contributed by atoms with E-state index in [-0.39, 0.29) is 17.2 Å². The maximum absolute atomic E-state index is 12.4. The van der Waals surface area contributed by atoms with Gasteiger partial charge in [0.05, 0.1) is 11.4 Å². The van der Waals surface area contributed by atoms with Gasteiger partial charge in [0.15, 0.2) is 5.78 Å². The molecule has 5 nitrogen and oxygen atoms in total. The van der Waals surface area contributed by atoms with Crippen LogP contribution in [0.4, 0.5) is 5.69 Å². The molecule has 0 aliphatic heterocycles. The lowest BCUT2D eigenvalue weighted by Crippen LogP contribution is -2.30. The third kappa shape index (κ3) is 4.81. The molecule has 0 aromatic heterocycles. The van der Waals surface area contributed by atoms with E-state index in [0.717, 1.165) is 5.69 Å². The number of carbonyl (C=O) groups is 1. The highest BCUT2D eigenvalue weighted by molar-refractivity contribution is 7.89. The van der Waals surface area contributed by atoms with Crippen LogP contribution in [0.25, 0.3) is 0 Å². The summed E-state index contributed by atoms with van der Waals surface area (Å²) in [4.78, 5) is 12.4. The Bertz CT molecular complexity index is 832. The quantitative estimate of drug-likeness (QED) is 0.709. The van der Waals surface area contributed by atoms with Gasteiger partial charge in [-0.2, -0.15) is 4.31 Å². The van der Waals surface area contributed by atoms with Crippen LogP contribution in [0.15, 0.2) is 53.4 Å². The highest BCUT2D eigenvalue weighted by Crippen LogP contribution is 2.17. The van der Waals surface area contributed by atoms with Crippen LogP contribution in [0.5, 0.6) is 0 Å². The van der Waals surface area contributed by atoms with E-state index in [1.807, 2.05) is 6.07 Å². The second-order valence-electron chi connectivity index (χ2n) is 5.40. The number of rotatable bonds is 8. The van der Waals surface area contributed by atoms with E-state index in [1.54, 1.807) is 44.2 Å². The monoisotopic (exact) mass is 380 g/mol. The van der Waals surface area contributed by atoms with Gasteiger partial charge in [-0.15, -0.1) is 0 Å². The lowest BCUT2D eigenvalue weighted by atomic mass is 10.1. The Hall–Kier alpha value is -1.89. The van der Waals surface area contributed by atoms with Crippen LogP contribution in [-0.4, -0.2) is 38.1 Å². The number of nitrogens with zero attached hydrogens (tertiary/aromatic N) is 1. The van der Waals surface area contributed by atoms with E-state index >= 15 is 0 Å². The molecule has 0 saturated heterocycles. The van der Waals surface area contributed by atoms with Crippen LogP contribution >= 0.6 is 11.6 Å². The first-order valence-corrected chi connectivity index (χ1v) is 9.83. The van der Waals surface area contributed by atoms with Crippen molar-refractivity contribution in [3.05, 3.63) is 59.1 Å². The first-order valence-electron chi connectivity index (χ1n) is 8.01. The van der Waals surface area contributed by atoms with Crippen molar-refractivity contribution >= 4 is 33.1 Å². The van der Waals surface area contributed by atoms with Gasteiger partial charge >= 0.3 is 0 Å². The van der Waals surface area contributed by atoms with E-state index in [2.05, 4.69) is 5.32 Å². The number of Topliss-reactive ketones (excluding diaryl/α,β-unsaturated/α-hetero) is 1. The molecule has 0 unspecified atom stereocenters. The van der Waals surface area contributed by atoms with Crippen LogP contribution in [0.2, 0.25) is 5.02 Å². The number of hydrogen-bond donors (Lipinski definition) is 1. The maximum Gasteiger partial charge on any atom is 0.243 e. The van der Waals surface area contributed by atoms with Crippen LogP contribution in [0.1, 0.15) is 24.2 Å². The summed E-state index contributed by atoms with van der Waals surface area (Å²) in [5.74, 6) is -0.133. The zero-order chi connectivity index (χ0) is 18.4. The fourth-order valence-electron chi connectivity index (χ4n) is 2.41. The van der Waals surface area contributed by atoms with Crippen molar-refractivity contribution in [3.8, 4) is 0 Å². The molecule has 0 amide bonds. The molecule has 0 radical (unpaired) electrons. The molecule has 2 aromatic rings. The van der Waals surface area contributed by atoms with E-state index in [1.165, 1.54) is 16.4 Å². The van der Waals surface area contributed by atoms with Gasteiger partial charge in [-0.1, -0.05) is 31.5 Å². The molecule has 0 bridgehead atoms. The summed E-state index contributed by atoms with van der Waals surface area (Å²) < 4.78 is 26.2. The molecule has 0 fully saturated rings. The number of nitrogens with one attached hydrogen (secondary N) is 1. The van der Waals surface area contributed by atoms with Crippen molar-refractivity contribution < 1.29 is 13.2 Å². The Morgan fingerprint density at radius 2 is 1.72 bits per heavy atom. The van der Waals surface area contributed by atoms with Crippen LogP contribution < -0.4 is 5.32 Å². The van der Waals surface area contributed by atoms with Gasteiger partial charge in [0.2, 0.25) is 10.0 Å². The minimum absolute atomic E-state index is 0.0997. The second kappa shape index (κ2) is 8.47. The lowest BCUT2D eigenvalue weighted by molar-refractivity contribution is 0.101. The molecule has 0 heterocycles. The number of carbonyl (C=O) groups excluding carboxylic acids is 1. The van der Waals surface area contributed by atoms with E-state index in [0.29, 0.717) is 23.7 Å². The Kier molecular flexibility index (Phi) is 6.58. The maximum atomic E-state index is 12.4. The zero-order valence-corrected chi connectivity index (χ0v) is 15.8. The topological polar surface area (TPSA) is 66.5 Å². The highest BCUT2D eigenvalue weighted by atomic mass is 35.5. The standard InChI is InChI=1S/C18H21ClN2O3S/c1-3-21(4-2)25(23,24)17-10-8-14(9-11-17)18(22)13-20-16-7-5-6-15(19)12-16/h5-12,20H,3-4,13H2,1-2H3. The summed E-state index contributed by atoms with van der Waals surface area (Å²) in [5.41, 5.74) is 1.20. The molecular formula is C18H21ClN2O3S. The van der Waals surface area contributed by atoms with Gasteiger partial charge < -0.3 is 5.32 Å². The Labute approximate surface area is 153 Å². The molecule has 7 heteroatoms. The van der Waals surface area contributed by atoms with Crippen molar-refractivity contribution in [3.63, 3.8) is 0 Å². The average molecular weight is 381 g/mol. The predicted molar refractivity (Wildman–Crippen MR) is 101 cm³/mol. The van der Waals surface area contributed by atoms with Crippen LogP contribution in [0.3, 0.4) is 0 Å². The summed E-state index contributed by atoms with van der Waals surface area (Å²) in [6, 6.07) is 13.1. The van der Waals surface area contributed by atoms with Crippen molar-refractivity contribution in [2.24, 2.45) is 0 Å². The van der Waals surface area contributed by atoms with Crippen molar-refractivity contribution in [1.82, 2.24) is 4.31 Å². The first-order chi connectivity index (χ1) is 11.9. The first kappa shape index (κ1) is 19.4. The number of halogens is 1. The van der Waals surface area contributed by atoms with Crippen molar-refractivity contribution in [1.29, 1.82) is 0 Å². The highest BCUT2D eigenvalue weighted by Gasteiger charge is 2.21. The number of anilines is 1. The molecule has 0 saturated carbocycles. The second-order valence-corrected chi connectivity index (χ2v) is 7.78. The van der Waals surface area contributed by atoms with Crippen LogP contribution in [-0.2, 0) is 10.0 Å². The molecule has 134 valence electrons. The third-order valence-electron chi connectivity index (χ3n) is 3.80. The normalized spacial score (nSPS) is 11.5. The van der Waals surface area contributed by atoms with Gasteiger partial charge in [0, 0.05) is 29.4 Å². The SMILES string of the molecule is CCN(CC)S(=O)(=O)c1ccc(C(=O)CNc2cccc(Cl)c2)cc1. The Morgan fingerprint density at radius 3 is 2.28 bits per heavy atom. The summed E-state index contributed by atoms with van der Waals surface area (Å²) >= 11 is 5.90. The smallest absolute Gasteiger partial charge is 0.243 e. The third-order valence-corrected chi connectivity index (χ3v) is 6.10. The molecule has 0 spiro atoms. The van der Waals surface area contributed by atoms with Crippen molar-refractivity contribution in [2.75, 3.05) is 25.0 Å². The van der Waals surface area contributed by atoms with Gasteiger partial charge in [-0.05, 0) is 42.5 Å². The van der Waals surface area contributed by atoms with Crippen LogP contribution in [0, 0.1) is 0 Å². The van der Waals surface area contributed by atoms with Gasteiger partial charge in [-0.25, -0.2) is 8.42 Å². The average Bonchev–Trinajstić information content (AvgIpc) is 2.60. The summed E-state index contributed by atoms with van der Waals surface area (Å²) in [6.45, 7) is 4.50. The molecule has 2 aromatic carbocycles. The van der Waals surface area contributed by atoms with E-state index < -0.39 is 10.0 Å². The molecule has 0 aliphatic carbocycles. The number of benzene rings is 2. The van der Waals surface area contributed by atoms with E-state index in [9.17, 15) is 13.2 Å².